The highest BCUT2D eigenvalue weighted by molar-refractivity contribution is 6.30. The lowest BCUT2D eigenvalue weighted by Crippen LogP contribution is -2.28. The fraction of sp³-hybridized carbons (Fsp3) is 0.188. The normalized spacial score (nSPS) is 10.4. The molecule has 1 aromatic heterocycles. The van der Waals surface area contributed by atoms with Crippen LogP contribution in [-0.4, -0.2) is 40.5 Å². The van der Waals surface area contributed by atoms with Crippen LogP contribution >= 0.6 is 11.6 Å². The summed E-state index contributed by atoms with van der Waals surface area (Å²) in [5.74, 6) is -1.55. The molecule has 0 unspecified atom stereocenters. The Morgan fingerprint density at radius 2 is 1.78 bits per heavy atom. The molecule has 1 aromatic carbocycles. The zero-order chi connectivity index (χ0) is 17.1. The van der Waals surface area contributed by atoms with Crippen LogP contribution < -0.4 is 5.43 Å². The van der Waals surface area contributed by atoms with Gasteiger partial charge < -0.3 is 14.6 Å². The number of carbonyl (C=O) groups is 2. The average Bonchev–Trinajstić information content (AvgIpc) is 2.49. The second-order valence-corrected chi connectivity index (χ2v) is 5.62. The Bertz CT molecular complexity index is 810. The molecule has 0 aliphatic rings. The third-order valence-corrected chi connectivity index (χ3v) is 3.53. The maximum absolute atomic E-state index is 12.3. The van der Waals surface area contributed by atoms with Crippen LogP contribution in [0.1, 0.15) is 10.4 Å². The molecule has 0 bridgehead atoms. The molecule has 0 saturated carbocycles. The summed E-state index contributed by atoms with van der Waals surface area (Å²) in [5, 5.41) is 9.72. The molecule has 23 heavy (non-hydrogen) atoms. The second kappa shape index (κ2) is 6.66. The first-order valence-corrected chi connectivity index (χ1v) is 7.11. The van der Waals surface area contributed by atoms with E-state index in [1.165, 1.54) is 21.9 Å². The maximum Gasteiger partial charge on any atom is 0.341 e. The van der Waals surface area contributed by atoms with Crippen molar-refractivity contribution < 1.29 is 14.7 Å². The smallest absolute Gasteiger partial charge is 0.341 e. The van der Waals surface area contributed by atoms with Gasteiger partial charge in [0.2, 0.25) is 11.3 Å². The Balaban J connectivity index is 2.58. The van der Waals surface area contributed by atoms with E-state index in [2.05, 4.69) is 0 Å². The number of hydrogen-bond donors (Lipinski definition) is 1. The van der Waals surface area contributed by atoms with Crippen molar-refractivity contribution in [3.8, 4) is 11.1 Å². The summed E-state index contributed by atoms with van der Waals surface area (Å²) in [5.41, 5.74) is -0.251. The summed E-state index contributed by atoms with van der Waals surface area (Å²) >= 11 is 5.83. The lowest BCUT2D eigenvalue weighted by molar-refractivity contribution is -0.129. The van der Waals surface area contributed by atoms with Crippen molar-refractivity contribution in [3.63, 3.8) is 0 Å². The fourth-order valence-corrected chi connectivity index (χ4v) is 2.13. The number of hydrogen-bond acceptors (Lipinski definition) is 3. The summed E-state index contributed by atoms with van der Waals surface area (Å²) in [6.07, 6.45) is 2.64. The van der Waals surface area contributed by atoms with Crippen molar-refractivity contribution in [2.75, 3.05) is 14.1 Å². The molecule has 6 nitrogen and oxygen atoms in total. The SMILES string of the molecule is CN(C)C(=O)Cn1cc(C(=O)O)c(=O)c(-c2ccc(Cl)cc2)c1. The number of halogens is 1. The molecule has 2 aromatic rings. The number of benzene rings is 1. The van der Waals surface area contributed by atoms with E-state index in [1.807, 2.05) is 0 Å². The Labute approximate surface area is 137 Å². The second-order valence-electron chi connectivity index (χ2n) is 5.19. The maximum atomic E-state index is 12.3. The Hall–Kier alpha value is -2.60. The number of pyridine rings is 1. The van der Waals surface area contributed by atoms with Crippen LogP contribution in [0.15, 0.2) is 41.5 Å². The van der Waals surface area contributed by atoms with Crippen LogP contribution in [0.5, 0.6) is 0 Å². The van der Waals surface area contributed by atoms with E-state index in [4.69, 9.17) is 11.6 Å². The average molecular weight is 335 g/mol. The number of carboxylic acids is 1. The molecule has 0 aliphatic carbocycles. The first-order valence-electron chi connectivity index (χ1n) is 6.73. The molecule has 0 atom stereocenters. The number of carbonyl (C=O) groups excluding carboxylic acids is 1. The van der Waals surface area contributed by atoms with E-state index >= 15 is 0 Å². The third-order valence-electron chi connectivity index (χ3n) is 3.28. The van der Waals surface area contributed by atoms with Gasteiger partial charge in [-0.25, -0.2) is 4.79 Å². The van der Waals surface area contributed by atoms with E-state index < -0.39 is 11.4 Å². The third kappa shape index (κ3) is 3.78. The van der Waals surface area contributed by atoms with Gasteiger partial charge in [-0.1, -0.05) is 23.7 Å². The van der Waals surface area contributed by atoms with Crippen molar-refractivity contribution in [2.45, 2.75) is 6.54 Å². The van der Waals surface area contributed by atoms with Gasteiger partial charge in [0.1, 0.15) is 12.1 Å². The molecule has 0 radical (unpaired) electrons. The highest BCUT2D eigenvalue weighted by atomic mass is 35.5. The van der Waals surface area contributed by atoms with Gasteiger partial charge in [-0.15, -0.1) is 0 Å². The summed E-state index contributed by atoms with van der Waals surface area (Å²) in [6.45, 7) is -0.0614. The van der Waals surface area contributed by atoms with Gasteiger partial charge in [-0.2, -0.15) is 0 Å². The zero-order valence-corrected chi connectivity index (χ0v) is 13.4. The molecule has 0 saturated heterocycles. The monoisotopic (exact) mass is 334 g/mol. The first kappa shape index (κ1) is 16.8. The molecular weight excluding hydrogens is 320 g/mol. The summed E-state index contributed by atoms with van der Waals surface area (Å²) in [7, 11) is 3.20. The molecule has 2 rings (SSSR count). The quantitative estimate of drug-likeness (QED) is 0.926. The minimum Gasteiger partial charge on any atom is -0.477 e. The van der Waals surface area contributed by atoms with E-state index in [1.54, 1.807) is 38.4 Å². The van der Waals surface area contributed by atoms with Gasteiger partial charge in [-0.05, 0) is 17.7 Å². The molecule has 1 heterocycles. The number of rotatable bonds is 4. The predicted octanol–water partition coefficient (Wildman–Crippen LogP) is 1.96. The number of amides is 1. The number of aromatic nitrogens is 1. The molecular formula is C16H15ClN2O4. The van der Waals surface area contributed by atoms with Gasteiger partial charge in [-0.3, -0.25) is 9.59 Å². The van der Waals surface area contributed by atoms with Crippen molar-refractivity contribution in [1.82, 2.24) is 9.47 Å². The van der Waals surface area contributed by atoms with Crippen LogP contribution in [0.2, 0.25) is 5.02 Å². The lowest BCUT2D eigenvalue weighted by Gasteiger charge is -2.14. The molecule has 7 heteroatoms. The van der Waals surface area contributed by atoms with Gasteiger partial charge in [0.25, 0.3) is 0 Å². The topological polar surface area (TPSA) is 79.6 Å². The fourth-order valence-electron chi connectivity index (χ4n) is 2.01. The van der Waals surface area contributed by atoms with Crippen molar-refractivity contribution >= 4 is 23.5 Å². The molecule has 0 aliphatic heterocycles. The minimum absolute atomic E-state index is 0.0614. The molecule has 120 valence electrons. The van der Waals surface area contributed by atoms with Crippen LogP contribution in [0.3, 0.4) is 0 Å². The van der Waals surface area contributed by atoms with Crippen molar-refractivity contribution in [1.29, 1.82) is 0 Å². The molecule has 1 amide bonds. The predicted molar refractivity (Wildman–Crippen MR) is 86.8 cm³/mol. The Morgan fingerprint density at radius 1 is 1.17 bits per heavy atom. The van der Waals surface area contributed by atoms with Crippen LogP contribution in [0, 0.1) is 0 Å². The van der Waals surface area contributed by atoms with E-state index in [-0.39, 0.29) is 23.6 Å². The standard InChI is InChI=1S/C16H15ClN2O4/c1-18(2)14(20)9-19-7-12(10-3-5-11(17)6-4-10)15(21)13(8-19)16(22)23/h3-8H,9H2,1-2H3,(H,22,23). The molecule has 1 N–H and O–H groups in total. The zero-order valence-electron chi connectivity index (χ0n) is 12.6. The van der Waals surface area contributed by atoms with Gasteiger partial charge in [0, 0.05) is 37.1 Å². The summed E-state index contributed by atoms with van der Waals surface area (Å²) in [6, 6.07) is 6.48. The van der Waals surface area contributed by atoms with Gasteiger partial charge >= 0.3 is 5.97 Å². The van der Waals surface area contributed by atoms with Gasteiger partial charge in [0.15, 0.2) is 0 Å². The summed E-state index contributed by atoms with van der Waals surface area (Å²) in [4.78, 5) is 36.9. The Morgan fingerprint density at radius 3 is 2.30 bits per heavy atom. The largest absolute Gasteiger partial charge is 0.477 e. The highest BCUT2D eigenvalue weighted by Crippen LogP contribution is 2.19. The van der Waals surface area contributed by atoms with E-state index in [0.717, 1.165) is 0 Å². The number of aromatic carboxylic acids is 1. The number of likely N-dealkylation sites (N-methyl/N-ethyl adjacent to an activating group) is 1. The van der Waals surface area contributed by atoms with Gasteiger partial charge in [0.05, 0.1) is 0 Å². The number of nitrogens with zero attached hydrogens (tertiary/aromatic N) is 2. The van der Waals surface area contributed by atoms with E-state index in [0.29, 0.717) is 10.6 Å². The molecule has 0 spiro atoms. The number of carboxylic acid groups (broad SMARTS) is 1. The van der Waals surface area contributed by atoms with Crippen LogP contribution in [0.4, 0.5) is 0 Å². The van der Waals surface area contributed by atoms with Crippen LogP contribution in [0.25, 0.3) is 11.1 Å². The van der Waals surface area contributed by atoms with Crippen molar-refractivity contribution in [3.05, 3.63) is 57.5 Å². The summed E-state index contributed by atoms with van der Waals surface area (Å²) < 4.78 is 1.40. The minimum atomic E-state index is -1.34. The lowest BCUT2D eigenvalue weighted by atomic mass is 10.1. The molecule has 0 fully saturated rings. The first-order chi connectivity index (χ1) is 10.8. The van der Waals surface area contributed by atoms with E-state index in [9.17, 15) is 19.5 Å². The van der Waals surface area contributed by atoms with Crippen molar-refractivity contribution in [2.24, 2.45) is 0 Å². The Kier molecular flexibility index (Phi) is 4.86. The highest BCUT2D eigenvalue weighted by Gasteiger charge is 2.16. The van der Waals surface area contributed by atoms with Crippen LogP contribution in [-0.2, 0) is 11.3 Å².